The van der Waals surface area contributed by atoms with E-state index >= 15 is 0 Å². The summed E-state index contributed by atoms with van der Waals surface area (Å²) in [6.45, 7) is 5.12. The van der Waals surface area contributed by atoms with Crippen molar-refractivity contribution in [3.05, 3.63) is 12.7 Å². The molecule has 16 heavy (non-hydrogen) atoms. The second-order valence-corrected chi connectivity index (χ2v) is 3.69. The lowest BCUT2D eigenvalue weighted by Crippen LogP contribution is -2.54. The van der Waals surface area contributed by atoms with Crippen LogP contribution in [0.4, 0.5) is 4.79 Å². The van der Waals surface area contributed by atoms with Gasteiger partial charge < -0.3 is 21.1 Å². The van der Waals surface area contributed by atoms with Gasteiger partial charge in [-0.3, -0.25) is 4.79 Å². The summed E-state index contributed by atoms with van der Waals surface area (Å²) in [5.74, 6) is -0.504. The van der Waals surface area contributed by atoms with Gasteiger partial charge >= 0.3 is 6.09 Å². The number of carbonyl (C=O) groups is 2. The molecule has 1 aliphatic rings. The Kier molecular flexibility index (Phi) is 4.78. The van der Waals surface area contributed by atoms with Crippen LogP contribution in [-0.4, -0.2) is 42.8 Å². The Balaban J connectivity index is 2.54. The highest BCUT2D eigenvalue weighted by molar-refractivity contribution is 5.80. The lowest BCUT2D eigenvalue weighted by Gasteiger charge is -2.30. The van der Waals surface area contributed by atoms with Crippen LogP contribution < -0.4 is 16.0 Å². The first-order valence-corrected chi connectivity index (χ1v) is 5.24. The molecular formula is C10H17N3O3. The molecule has 0 aliphatic carbocycles. The van der Waals surface area contributed by atoms with Gasteiger partial charge in [-0.15, -0.1) is 6.58 Å². The van der Waals surface area contributed by atoms with Crippen molar-refractivity contribution >= 4 is 12.0 Å². The van der Waals surface area contributed by atoms with Crippen molar-refractivity contribution in [2.75, 3.05) is 19.6 Å². The van der Waals surface area contributed by atoms with Gasteiger partial charge in [0.05, 0.1) is 5.92 Å². The third kappa shape index (κ3) is 3.54. The molecule has 0 unspecified atom stereocenters. The van der Waals surface area contributed by atoms with Crippen LogP contribution in [0.25, 0.3) is 0 Å². The molecule has 1 fully saturated rings. The molecule has 0 bridgehead atoms. The average molecular weight is 227 g/mol. The highest BCUT2D eigenvalue weighted by Gasteiger charge is 2.31. The second kappa shape index (κ2) is 6.12. The molecular weight excluding hydrogens is 210 g/mol. The fraction of sp³-hybridized carbons (Fsp3) is 0.600. The fourth-order valence-electron chi connectivity index (χ4n) is 1.77. The highest BCUT2D eigenvalue weighted by atomic mass is 16.4. The van der Waals surface area contributed by atoms with Gasteiger partial charge in [0.15, 0.2) is 0 Å². The molecule has 6 nitrogen and oxygen atoms in total. The van der Waals surface area contributed by atoms with Gasteiger partial charge in [0.2, 0.25) is 5.91 Å². The average Bonchev–Trinajstić information content (AvgIpc) is 2.26. The summed E-state index contributed by atoms with van der Waals surface area (Å²) in [5.41, 5.74) is 0. The molecule has 0 saturated carbocycles. The molecule has 1 aliphatic heterocycles. The molecule has 0 aromatic heterocycles. The molecule has 0 aromatic carbocycles. The number of nitrogens with one attached hydrogen (secondary N) is 3. The second-order valence-electron chi connectivity index (χ2n) is 3.69. The fourth-order valence-corrected chi connectivity index (χ4v) is 1.77. The molecule has 0 aromatic rings. The first-order chi connectivity index (χ1) is 7.65. The number of hydrogen-bond acceptors (Lipinski definition) is 3. The predicted molar refractivity (Wildman–Crippen MR) is 59.1 cm³/mol. The molecule has 4 N–H and O–H groups in total. The van der Waals surface area contributed by atoms with Crippen molar-refractivity contribution in [2.45, 2.75) is 12.5 Å². The maximum Gasteiger partial charge on any atom is 0.404 e. The third-order valence-electron chi connectivity index (χ3n) is 2.55. The zero-order valence-electron chi connectivity index (χ0n) is 9.03. The van der Waals surface area contributed by atoms with Crippen LogP contribution in [-0.2, 0) is 4.79 Å². The van der Waals surface area contributed by atoms with Crippen LogP contribution in [0.1, 0.15) is 6.42 Å². The van der Waals surface area contributed by atoms with Gasteiger partial charge in [-0.2, -0.15) is 0 Å². The van der Waals surface area contributed by atoms with Crippen LogP contribution in [0.15, 0.2) is 12.7 Å². The number of carbonyl (C=O) groups excluding carboxylic acids is 1. The van der Waals surface area contributed by atoms with Crippen LogP contribution in [0.2, 0.25) is 0 Å². The molecule has 1 saturated heterocycles. The van der Waals surface area contributed by atoms with Crippen molar-refractivity contribution in [3.63, 3.8) is 0 Å². The van der Waals surface area contributed by atoms with Gasteiger partial charge in [-0.1, -0.05) is 6.08 Å². The molecule has 2 atom stereocenters. The summed E-state index contributed by atoms with van der Waals surface area (Å²) >= 11 is 0. The third-order valence-corrected chi connectivity index (χ3v) is 2.55. The van der Waals surface area contributed by atoms with Crippen molar-refractivity contribution in [3.8, 4) is 0 Å². The molecule has 0 radical (unpaired) electrons. The number of piperidine rings is 1. The minimum absolute atomic E-state index is 0.147. The minimum Gasteiger partial charge on any atom is -0.465 e. The van der Waals surface area contributed by atoms with Gasteiger partial charge in [0.1, 0.15) is 0 Å². The summed E-state index contributed by atoms with van der Waals surface area (Å²) in [6.07, 6.45) is 1.13. The minimum atomic E-state index is -1.09. The van der Waals surface area contributed by atoms with Crippen molar-refractivity contribution in [1.82, 2.24) is 16.0 Å². The molecule has 90 valence electrons. The van der Waals surface area contributed by atoms with Crippen molar-refractivity contribution in [2.24, 2.45) is 5.92 Å². The lowest BCUT2D eigenvalue weighted by molar-refractivity contribution is -0.126. The van der Waals surface area contributed by atoms with Gasteiger partial charge in [-0.05, 0) is 13.0 Å². The van der Waals surface area contributed by atoms with E-state index in [0.717, 1.165) is 6.54 Å². The summed E-state index contributed by atoms with van der Waals surface area (Å²) in [5, 5.41) is 16.8. The van der Waals surface area contributed by atoms with E-state index in [4.69, 9.17) is 5.11 Å². The van der Waals surface area contributed by atoms with Crippen molar-refractivity contribution < 1.29 is 14.7 Å². The first-order valence-electron chi connectivity index (χ1n) is 5.24. The number of rotatable bonds is 4. The lowest BCUT2D eigenvalue weighted by atomic mass is 9.92. The largest absolute Gasteiger partial charge is 0.465 e. The van der Waals surface area contributed by atoms with Crippen LogP contribution in [0.3, 0.4) is 0 Å². The summed E-state index contributed by atoms with van der Waals surface area (Å²) in [7, 11) is 0. The van der Waals surface area contributed by atoms with E-state index in [9.17, 15) is 9.59 Å². The Bertz CT molecular complexity index is 280. The predicted octanol–water partition coefficient (Wildman–Crippen LogP) is -0.466. The Morgan fingerprint density at radius 3 is 2.94 bits per heavy atom. The maximum atomic E-state index is 11.7. The smallest absolute Gasteiger partial charge is 0.404 e. The Morgan fingerprint density at radius 1 is 1.56 bits per heavy atom. The van der Waals surface area contributed by atoms with Crippen LogP contribution >= 0.6 is 0 Å². The Labute approximate surface area is 94.1 Å². The molecule has 6 heteroatoms. The Hall–Kier alpha value is -1.56. The van der Waals surface area contributed by atoms with Gasteiger partial charge in [-0.25, -0.2) is 4.79 Å². The van der Waals surface area contributed by atoms with Crippen LogP contribution in [0, 0.1) is 5.92 Å². The quantitative estimate of drug-likeness (QED) is 0.489. The topological polar surface area (TPSA) is 90.5 Å². The van der Waals surface area contributed by atoms with E-state index in [2.05, 4.69) is 22.5 Å². The SMILES string of the molecule is C=CCNC(=O)[C@@H]1CNCC[C@@H]1NC(=O)O. The first kappa shape index (κ1) is 12.5. The van der Waals surface area contributed by atoms with E-state index in [1.165, 1.54) is 0 Å². The highest BCUT2D eigenvalue weighted by Crippen LogP contribution is 2.11. The van der Waals surface area contributed by atoms with E-state index in [0.29, 0.717) is 19.5 Å². The zero-order chi connectivity index (χ0) is 12.0. The number of amides is 2. The molecule has 0 spiro atoms. The summed E-state index contributed by atoms with van der Waals surface area (Å²) < 4.78 is 0. The molecule has 1 heterocycles. The molecule has 1 rings (SSSR count). The van der Waals surface area contributed by atoms with Crippen molar-refractivity contribution in [1.29, 1.82) is 0 Å². The monoisotopic (exact) mass is 227 g/mol. The van der Waals surface area contributed by atoms with E-state index in [-0.39, 0.29) is 17.9 Å². The van der Waals surface area contributed by atoms with Gasteiger partial charge in [0, 0.05) is 19.1 Å². The standard InChI is InChI=1S/C10H17N3O3/c1-2-4-12-9(14)7-6-11-5-3-8(7)13-10(15)16/h2,7-8,11,13H,1,3-6H2,(H,12,14)(H,15,16)/t7-,8+/m1/s1. The summed E-state index contributed by atoms with van der Waals surface area (Å²) in [4.78, 5) is 22.3. The number of carboxylic acid groups (broad SMARTS) is 1. The van der Waals surface area contributed by atoms with Crippen LogP contribution in [0.5, 0.6) is 0 Å². The van der Waals surface area contributed by atoms with E-state index in [1.807, 2.05) is 0 Å². The molecule has 2 amide bonds. The Morgan fingerprint density at radius 2 is 2.31 bits per heavy atom. The number of hydrogen-bond donors (Lipinski definition) is 4. The summed E-state index contributed by atoms with van der Waals surface area (Å²) in [6, 6.07) is -0.316. The van der Waals surface area contributed by atoms with Gasteiger partial charge in [0.25, 0.3) is 0 Å². The maximum absolute atomic E-state index is 11.7. The van der Waals surface area contributed by atoms with E-state index in [1.54, 1.807) is 6.08 Å². The normalized spacial score (nSPS) is 24.5. The zero-order valence-corrected chi connectivity index (χ0v) is 9.03. The van der Waals surface area contributed by atoms with E-state index < -0.39 is 6.09 Å².